The molecule has 1 saturated heterocycles. The summed E-state index contributed by atoms with van der Waals surface area (Å²) in [7, 11) is 0. The molecule has 1 aromatic carbocycles. The van der Waals surface area contributed by atoms with Gasteiger partial charge in [-0.3, -0.25) is 20.3 Å². The number of hydrogen-bond donors (Lipinski definition) is 2. The van der Waals surface area contributed by atoms with Gasteiger partial charge in [-0.05, 0) is 32.3 Å². The first kappa shape index (κ1) is 15.5. The quantitative estimate of drug-likeness (QED) is 0.386. The summed E-state index contributed by atoms with van der Waals surface area (Å²) < 4.78 is 0. The van der Waals surface area contributed by atoms with E-state index in [2.05, 4.69) is 0 Å². The zero-order valence-corrected chi connectivity index (χ0v) is 12.4. The molecule has 21 heavy (non-hydrogen) atoms. The van der Waals surface area contributed by atoms with Crippen LogP contribution in [-0.2, 0) is 0 Å². The summed E-state index contributed by atoms with van der Waals surface area (Å²) in [4.78, 5) is 24.3. The molecule has 114 valence electrons. The van der Waals surface area contributed by atoms with Crippen molar-refractivity contribution in [3.8, 4) is 0 Å². The van der Waals surface area contributed by atoms with Crippen molar-refractivity contribution < 1.29 is 9.72 Å². The van der Waals surface area contributed by atoms with Crippen molar-refractivity contribution in [2.75, 3.05) is 11.4 Å². The number of halogens is 1. The highest BCUT2D eigenvalue weighted by Gasteiger charge is 2.29. The summed E-state index contributed by atoms with van der Waals surface area (Å²) in [6.07, 6.45) is 3.01. The van der Waals surface area contributed by atoms with Crippen LogP contribution in [0.15, 0.2) is 12.1 Å². The molecule has 0 aliphatic carbocycles. The maximum absolute atomic E-state index is 11.6. The van der Waals surface area contributed by atoms with Gasteiger partial charge in [0.2, 0.25) is 0 Å². The third-order valence-electron chi connectivity index (χ3n) is 3.72. The Labute approximate surface area is 127 Å². The maximum atomic E-state index is 11.6. The van der Waals surface area contributed by atoms with Crippen molar-refractivity contribution in [3.05, 3.63) is 32.8 Å². The van der Waals surface area contributed by atoms with Crippen molar-refractivity contribution in [2.24, 2.45) is 5.84 Å². The Bertz CT molecular complexity index is 579. The molecule has 0 aromatic heterocycles. The second-order valence-electron chi connectivity index (χ2n) is 5.09. The molecule has 1 heterocycles. The Kier molecular flexibility index (Phi) is 4.64. The van der Waals surface area contributed by atoms with Crippen molar-refractivity contribution in [1.82, 2.24) is 5.43 Å². The van der Waals surface area contributed by atoms with Crippen LogP contribution in [-0.4, -0.2) is 23.4 Å². The number of nitrogens with zero attached hydrogens (tertiary/aromatic N) is 2. The predicted molar refractivity (Wildman–Crippen MR) is 80.4 cm³/mol. The van der Waals surface area contributed by atoms with Crippen molar-refractivity contribution >= 4 is 28.9 Å². The van der Waals surface area contributed by atoms with Gasteiger partial charge < -0.3 is 4.90 Å². The standard InChI is InChI=1S/C13H17ClN4O3/c1-8-4-2-3-5-17(8)12-10(14)6-9(13(19)16-15)7-11(12)18(20)21/h6-8H,2-5,15H2,1H3,(H,16,19)/t8-/m0/s1. The lowest BCUT2D eigenvalue weighted by atomic mass is 10.0. The normalized spacial score (nSPS) is 18.4. The SMILES string of the molecule is C[C@H]1CCCCN1c1c(Cl)cc(C(=O)NN)cc1[N+](=O)[O-]. The van der Waals surface area contributed by atoms with E-state index in [1.807, 2.05) is 17.2 Å². The fraction of sp³-hybridized carbons (Fsp3) is 0.462. The molecule has 1 aromatic rings. The molecule has 1 fully saturated rings. The molecule has 0 unspecified atom stereocenters. The van der Waals surface area contributed by atoms with Gasteiger partial charge in [-0.15, -0.1) is 0 Å². The van der Waals surface area contributed by atoms with E-state index < -0.39 is 10.8 Å². The molecule has 7 nitrogen and oxygen atoms in total. The number of carbonyl (C=O) groups is 1. The fourth-order valence-corrected chi connectivity index (χ4v) is 2.98. The van der Waals surface area contributed by atoms with Gasteiger partial charge in [-0.1, -0.05) is 11.6 Å². The van der Waals surface area contributed by atoms with Crippen LogP contribution in [0.4, 0.5) is 11.4 Å². The predicted octanol–water partition coefficient (Wildman–Crippen LogP) is 2.23. The van der Waals surface area contributed by atoms with E-state index in [1.165, 1.54) is 12.1 Å². The zero-order chi connectivity index (χ0) is 15.6. The highest BCUT2D eigenvalue weighted by atomic mass is 35.5. The molecule has 0 bridgehead atoms. The minimum atomic E-state index is -0.613. The number of amides is 1. The average molecular weight is 313 g/mol. The van der Waals surface area contributed by atoms with Gasteiger partial charge in [-0.25, -0.2) is 5.84 Å². The Morgan fingerprint density at radius 2 is 2.24 bits per heavy atom. The van der Waals surface area contributed by atoms with E-state index in [4.69, 9.17) is 17.4 Å². The summed E-state index contributed by atoms with van der Waals surface area (Å²) >= 11 is 6.21. The Hall–Kier alpha value is -1.86. The van der Waals surface area contributed by atoms with Crippen molar-refractivity contribution in [2.45, 2.75) is 32.2 Å². The zero-order valence-electron chi connectivity index (χ0n) is 11.6. The Balaban J connectivity index is 2.54. The second-order valence-corrected chi connectivity index (χ2v) is 5.50. The second kappa shape index (κ2) is 6.28. The van der Waals surface area contributed by atoms with Crippen LogP contribution in [0.5, 0.6) is 0 Å². The van der Waals surface area contributed by atoms with E-state index in [1.54, 1.807) is 0 Å². The first-order valence-corrected chi connectivity index (χ1v) is 7.09. The van der Waals surface area contributed by atoms with Gasteiger partial charge >= 0.3 is 0 Å². The number of nitrogens with one attached hydrogen (secondary N) is 1. The van der Waals surface area contributed by atoms with Crippen molar-refractivity contribution in [1.29, 1.82) is 0 Å². The van der Waals surface area contributed by atoms with Gasteiger partial charge in [0.1, 0.15) is 5.69 Å². The molecule has 8 heteroatoms. The topological polar surface area (TPSA) is 102 Å². The summed E-state index contributed by atoms with van der Waals surface area (Å²) in [6, 6.07) is 2.79. The fourth-order valence-electron chi connectivity index (χ4n) is 2.65. The van der Waals surface area contributed by atoms with Crippen molar-refractivity contribution in [3.63, 3.8) is 0 Å². The number of hydrogen-bond acceptors (Lipinski definition) is 5. The monoisotopic (exact) mass is 312 g/mol. The summed E-state index contributed by atoms with van der Waals surface area (Å²) in [5.74, 6) is 4.45. The van der Waals surface area contributed by atoms with Crippen LogP contribution in [0.25, 0.3) is 0 Å². The highest BCUT2D eigenvalue weighted by molar-refractivity contribution is 6.34. The van der Waals surface area contributed by atoms with Gasteiger partial charge in [0.05, 0.1) is 9.95 Å². The van der Waals surface area contributed by atoms with Crippen LogP contribution in [0.2, 0.25) is 5.02 Å². The molecular weight excluding hydrogens is 296 g/mol. The number of nitrogen functional groups attached to an aromatic ring is 1. The maximum Gasteiger partial charge on any atom is 0.294 e. The summed E-state index contributed by atoms with van der Waals surface area (Å²) in [5.41, 5.74) is 2.23. The number of carbonyl (C=O) groups excluding carboxylic acids is 1. The first-order valence-electron chi connectivity index (χ1n) is 6.71. The van der Waals surface area contributed by atoms with Crippen LogP contribution < -0.4 is 16.2 Å². The molecule has 0 spiro atoms. The number of nitro groups is 1. The van der Waals surface area contributed by atoms with Gasteiger partial charge in [0.15, 0.2) is 0 Å². The lowest BCUT2D eigenvalue weighted by Gasteiger charge is -2.35. The Morgan fingerprint density at radius 3 is 2.81 bits per heavy atom. The molecular formula is C13H17ClN4O3. The lowest BCUT2D eigenvalue weighted by molar-refractivity contribution is -0.384. The minimum absolute atomic E-state index is 0.0719. The number of anilines is 1. The molecule has 1 amide bonds. The van der Waals surface area contributed by atoms with Gasteiger partial charge in [0, 0.05) is 24.2 Å². The smallest absolute Gasteiger partial charge is 0.294 e. The summed E-state index contributed by atoms with van der Waals surface area (Å²) in [5, 5.41) is 11.5. The van der Waals surface area contributed by atoms with Crippen LogP contribution in [0, 0.1) is 10.1 Å². The number of nitrogens with two attached hydrogens (primary N) is 1. The third-order valence-corrected chi connectivity index (χ3v) is 4.01. The van der Waals surface area contributed by atoms with E-state index in [0.717, 1.165) is 19.3 Å². The molecule has 0 radical (unpaired) electrons. The number of hydrazine groups is 1. The molecule has 0 saturated carbocycles. The minimum Gasteiger partial charge on any atom is -0.362 e. The molecule has 3 N–H and O–H groups in total. The number of nitro benzene ring substituents is 1. The third kappa shape index (κ3) is 3.08. The molecule has 1 aliphatic heterocycles. The lowest BCUT2D eigenvalue weighted by Crippen LogP contribution is -2.38. The number of piperidine rings is 1. The largest absolute Gasteiger partial charge is 0.362 e. The van der Waals surface area contributed by atoms with Gasteiger partial charge in [-0.2, -0.15) is 0 Å². The first-order chi connectivity index (χ1) is 9.95. The summed E-state index contributed by atoms with van der Waals surface area (Å²) in [6.45, 7) is 2.73. The van der Waals surface area contributed by atoms with Crippen LogP contribution in [0.1, 0.15) is 36.5 Å². The number of benzene rings is 1. The van der Waals surface area contributed by atoms with E-state index >= 15 is 0 Å². The van der Waals surface area contributed by atoms with E-state index in [-0.39, 0.29) is 22.3 Å². The number of rotatable bonds is 3. The Morgan fingerprint density at radius 1 is 1.52 bits per heavy atom. The van der Waals surface area contributed by atoms with Gasteiger partial charge in [0.25, 0.3) is 11.6 Å². The van der Waals surface area contributed by atoms with Crippen LogP contribution in [0.3, 0.4) is 0 Å². The molecule has 1 atom stereocenters. The van der Waals surface area contributed by atoms with E-state index in [9.17, 15) is 14.9 Å². The molecule has 2 rings (SSSR count). The highest BCUT2D eigenvalue weighted by Crippen LogP contribution is 2.39. The average Bonchev–Trinajstić information content (AvgIpc) is 2.46. The van der Waals surface area contributed by atoms with Crippen LogP contribution >= 0.6 is 11.6 Å². The van der Waals surface area contributed by atoms with E-state index in [0.29, 0.717) is 12.2 Å². The molecule has 1 aliphatic rings.